The number of hydrogen-bond acceptors (Lipinski definition) is 3. The second kappa shape index (κ2) is 7.67. The Hall–Kier alpha value is -3.19. The van der Waals surface area contributed by atoms with Crippen LogP contribution in [0.5, 0.6) is 0 Å². The second-order valence-electron chi connectivity index (χ2n) is 6.93. The van der Waals surface area contributed by atoms with Crippen molar-refractivity contribution in [2.45, 2.75) is 24.2 Å². The van der Waals surface area contributed by atoms with Gasteiger partial charge in [-0.05, 0) is 91.1 Å². The number of fused-ring (bicyclic) bond motifs is 1. The molecular formula is C22H19FN2O3S. The molecule has 1 aliphatic rings. The summed E-state index contributed by atoms with van der Waals surface area (Å²) < 4.78 is 40.1. The van der Waals surface area contributed by atoms with Crippen LogP contribution < -0.4 is 10.0 Å². The van der Waals surface area contributed by atoms with E-state index in [9.17, 15) is 17.6 Å². The zero-order valence-electron chi connectivity index (χ0n) is 15.5. The third-order valence-electron chi connectivity index (χ3n) is 4.88. The molecule has 1 amide bonds. The predicted octanol–water partition coefficient (Wildman–Crippen LogP) is 4.37. The first kappa shape index (κ1) is 19.1. The quantitative estimate of drug-likeness (QED) is 0.656. The lowest BCUT2D eigenvalue weighted by Gasteiger charge is -2.10. The summed E-state index contributed by atoms with van der Waals surface area (Å²) in [6.45, 7) is 0. The van der Waals surface area contributed by atoms with Gasteiger partial charge in [0.2, 0.25) is 0 Å². The summed E-state index contributed by atoms with van der Waals surface area (Å²) in [7, 11) is -3.83. The molecule has 0 radical (unpaired) electrons. The first-order valence-corrected chi connectivity index (χ1v) is 10.7. The molecule has 2 N–H and O–H groups in total. The molecule has 5 nitrogen and oxygen atoms in total. The summed E-state index contributed by atoms with van der Waals surface area (Å²) in [6, 6.07) is 16.6. The largest absolute Gasteiger partial charge is 0.322 e. The summed E-state index contributed by atoms with van der Waals surface area (Å²) in [6.07, 6.45) is 3.25. The second-order valence-corrected chi connectivity index (χ2v) is 8.61. The summed E-state index contributed by atoms with van der Waals surface area (Å²) in [4.78, 5) is 12.4. The van der Waals surface area contributed by atoms with E-state index in [1.165, 1.54) is 35.4 Å². The fourth-order valence-corrected chi connectivity index (χ4v) is 4.43. The minimum absolute atomic E-state index is 0.0441. The van der Waals surface area contributed by atoms with Gasteiger partial charge in [-0.15, -0.1) is 0 Å². The number of rotatable bonds is 5. The molecule has 3 aromatic carbocycles. The Morgan fingerprint density at radius 3 is 2.21 bits per heavy atom. The van der Waals surface area contributed by atoms with Crippen LogP contribution in [0.3, 0.4) is 0 Å². The summed E-state index contributed by atoms with van der Waals surface area (Å²) in [5, 5.41) is 2.87. The van der Waals surface area contributed by atoms with Crippen molar-refractivity contribution in [2.24, 2.45) is 0 Å². The van der Waals surface area contributed by atoms with Crippen molar-refractivity contribution >= 4 is 27.3 Å². The van der Waals surface area contributed by atoms with Crippen molar-refractivity contribution in [3.63, 3.8) is 0 Å². The van der Waals surface area contributed by atoms with Gasteiger partial charge < -0.3 is 5.32 Å². The van der Waals surface area contributed by atoms with Crippen molar-refractivity contribution in [2.75, 3.05) is 10.0 Å². The van der Waals surface area contributed by atoms with Crippen LogP contribution in [0.25, 0.3) is 0 Å². The van der Waals surface area contributed by atoms with E-state index in [0.717, 1.165) is 37.1 Å². The maximum absolute atomic E-state index is 13.0. The van der Waals surface area contributed by atoms with E-state index in [4.69, 9.17) is 0 Å². The van der Waals surface area contributed by atoms with Gasteiger partial charge in [-0.25, -0.2) is 12.8 Å². The van der Waals surface area contributed by atoms with E-state index in [2.05, 4.69) is 10.0 Å². The number of nitrogens with one attached hydrogen (secondary N) is 2. The van der Waals surface area contributed by atoms with Crippen molar-refractivity contribution in [3.05, 3.63) is 89.2 Å². The number of anilines is 2. The minimum atomic E-state index is -3.83. The van der Waals surface area contributed by atoms with Crippen LogP contribution in [0.1, 0.15) is 27.9 Å². The number of halogens is 1. The number of benzene rings is 3. The molecule has 0 bridgehead atoms. The van der Waals surface area contributed by atoms with Crippen molar-refractivity contribution in [3.8, 4) is 0 Å². The molecule has 148 valence electrons. The van der Waals surface area contributed by atoms with E-state index < -0.39 is 15.8 Å². The molecule has 1 aliphatic carbocycles. The Morgan fingerprint density at radius 1 is 0.828 bits per heavy atom. The lowest BCUT2D eigenvalue weighted by Crippen LogP contribution is -2.14. The summed E-state index contributed by atoms with van der Waals surface area (Å²) in [5.41, 5.74) is 4.07. The SMILES string of the molecule is O=C(Nc1ccc2c(c1)CCC2)c1ccc(NS(=O)(=O)c2ccc(F)cc2)cc1. The standard InChI is InChI=1S/C22H19FN2O3S/c23-18-7-12-21(13-8-18)29(27,28)25-19-9-5-16(6-10-19)22(26)24-20-11-4-15-2-1-3-17(15)14-20/h4-14,25H,1-3H2,(H,24,26). The molecule has 3 aromatic rings. The Labute approximate surface area is 168 Å². The third kappa shape index (κ3) is 4.30. The molecule has 0 spiro atoms. The lowest BCUT2D eigenvalue weighted by molar-refractivity contribution is 0.102. The Bertz CT molecular complexity index is 1160. The molecular weight excluding hydrogens is 391 g/mol. The van der Waals surface area contributed by atoms with Gasteiger partial charge in [0.05, 0.1) is 4.90 Å². The maximum atomic E-state index is 13.0. The summed E-state index contributed by atoms with van der Waals surface area (Å²) in [5.74, 6) is -0.779. The molecule has 0 aliphatic heterocycles. The van der Waals surface area contributed by atoms with Crippen molar-refractivity contribution in [1.29, 1.82) is 0 Å². The fourth-order valence-electron chi connectivity index (χ4n) is 3.37. The van der Waals surface area contributed by atoms with Gasteiger partial charge in [0.15, 0.2) is 0 Å². The van der Waals surface area contributed by atoms with Crippen LogP contribution in [0, 0.1) is 5.82 Å². The molecule has 29 heavy (non-hydrogen) atoms. The molecule has 0 saturated carbocycles. The van der Waals surface area contributed by atoms with Gasteiger partial charge in [0, 0.05) is 16.9 Å². The summed E-state index contributed by atoms with van der Waals surface area (Å²) >= 11 is 0. The molecule has 7 heteroatoms. The highest BCUT2D eigenvalue weighted by molar-refractivity contribution is 7.92. The van der Waals surface area contributed by atoms with Gasteiger partial charge in [-0.2, -0.15) is 0 Å². The van der Waals surface area contributed by atoms with Gasteiger partial charge in [0.25, 0.3) is 15.9 Å². The van der Waals surface area contributed by atoms with Gasteiger partial charge in [-0.1, -0.05) is 6.07 Å². The number of carbonyl (C=O) groups excluding carboxylic acids is 1. The molecule has 0 heterocycles. The molecule has 4 rings (SSSR count). The number of carbonyl (C=O) groups is 1. The monoisotopic (exact) mass is 410 g/mol. The average molecular weight is 410 g/mol. The van der Waals surface area contributed by atoms with E-state index >= 15 is 0 Å². The first-order chi connectivity index (χ1) is 13.9. The molecule has 0 aromatic heterocycles. The van der Waals surface area contributed by atoms with Gasteiger partial charge >= 0.3 is 0 Å². The van der Waals surface area contributed by atoms with Gasteiger partial charge in [0.1, 0.15) is 5.82 Å². The van der Waals surface area contributed by atoms with Crippen molar-refractivity contribution < 1.29 is 17.6 Å². The lowest BCUT2D eigenvalue weighted by atomic mass is 10.1. The number of sulfonamides is 1. The third-order valence-corrected chi connectivity index (χ3v) is 6.28. The van der Waals surface area contributed by atoms with Crippen LogP contribution in [0.15, 0.2) is 71.6 Å². The van der Waals surface area contributed by atoms with Crippen molar-refractivity contribution in [1.82, 2.24) is 0 Å². The predicted molar refractivity (Wildman–Crippen MR) is 110 cm³/mol. The highest BCUT2D eigenvalue weighted by Crippen LogP contribution is 2.25. The smallest absolute Gasteiger partial charge is 0.261 e. The van der Waals surface area contributed by atoms with E-state index in [-0.39, 0.29) is 10.8 Å². The molecule has 0 fully saturated rings. The van der Waals surface area contributed by atoms with Crippen LogP contribution in [-0.4, -0.2) is 14.3 Å². The zero-order chi connectivity index (χ0) is 20.4. The van der Waals surface area contributed by atoms with Crippen LogP contribution in [-0.2, 0) is 22.9 Å². The number of aryl methyl sites for hydroxylation is 2. The molecule has 0 saturated heterocycles. The van der Waals surface area contributed by atoms with Crippen LogP contribution >= 0.6 is 0 Å². The zero-order valence-corrected chi connectivity index (χ0v) is 16.3. The molecule has 0 atom stereocenters. The average Bonchev–Trinajstić information content (AvgIpc) is 3.16. The Balaban J connectivity index is 1.44. The number of hydrogen-bond donors (Lipinski definition) is 2. The fraction of sp³-hybridized carbons (Fsp3) is 0.136. The normalized spacial score (nSPS) is 13.0. The number of amides is 1. The van der Waals surface area contributed by atoms with Gasteiger partial charge in [-0.3, -0.25) is 9.52 Å². The Morgan fingerprint density at radius 2 is 1.48 bits per heavy atom. The van der Waals surface area contributed by atoms with E-state index in [1.807, 2.05) is 18.2 Å². The van der Waals surface area contributed by atoms with Crippen LogP contribution in [0.2, 0.25) is 0 Å². The highest BCUT2D eigenvalue weighted by atomic mass is 32.2. The van der Waals surface area contributed by atoms with Crippen LogP contribution in [0.4, 0.5) is 15.8 Å². The molecule has 0 unspecified atom stereocenters. The highest BCUT2D eigenvalue weighted by Gasteiger charge is 2.15. The maximum Gasteiger partial charge on any atom is 0.261 e. The Kier molecular flexibility index (Phi) is 5.07. The minimum Gasteiger partial charge on any atom is -0.322 e. The van der Waals surface area contributed by atoms with E-state index in [1.54, 1.807) is 12.1 Å². The first-order valence-electron chi connectivity index (χ1n) is 9.22. The topological polar surface area (TPSA) is 75.3 Å². The van der Waals surface area contributed by atoms with E-state index in [0.29, 0.717) is 11.3 Å².